The van der Waals surface area contributed by atoms with Gasteiger partial charge in [-0.05, 0) is 5.56 Å². The Bertz CT molecular complexity index is 629. The van der Waals surface area contributed by atoms with Crippen molar-refractivity contribution in [2.45, 2.75) is 5.92 Å². The average molecular weight is 311 g/mol. The molecule has 0 saturated carbocycles. The molecule has 7 nitrogen and oxygen atoms in total. The molecule has 0 aliphatic carbocycles. The van der Waals surface area contributed by atoms with Gasteiger partial charge >= 0.3 is 0 Å². The summed E-state index contributed by atoms with van der Waals surface area (Å²) in [6, 6.07) is 8.72. The number of benzene rings is 1. The van der Waals surface area contributed by atoms with E-state index >= 15 is 0 Å². The highest BCUT2D eigenvalue weighted by molar-refractivity contribution is 7.91. The molecule has 3 N–H and O–H groups in total. The van der Waals surface area contributed by atoms with Gasteiger partial charge in [0, 0.05) is 13.1 Å². The molecule has 0 radical (unpaired) electrons. The summed E-state index contributed by atoms with van der Waals surface area (Å²) in [7, 11) is -3.07. The van der Waals surface area contributed by atoms with Gasteiger partial charge in [-0.1, -0.05) is 35.5 Å². The Morgan fingerprint density at radius 1 is 1.24 bits per heavy atom. The third kappa shape index (κ3) is 3.52. The van der Waals surface area contributed by atoms with E-state index in [-0.39, 0.29) is 36.3 Å². The molecule has 2 rings (SSSR count). The quantitative estimate of drug-likeness (QED) is 0.346. The minimum atomic E-state index is -3.07. The fourth-order valence-corrected chi connectivity index (χ4v) is 3.46. The van der Waals surface area contributed by atoms with Gasteiger partial charge in [0.1, 0.15) is 5.92 Å². The smallest absolute Gasteiger partial charge is 0.237 e. The predicted molar refractivity (Wildman–Crippen MR) is 77.8 cm³/mol. The molecule has 1 aromatic carbocycles. The van der Waals surface area contributed by atoms with E-state index in [9.17, 15) is 13.2 Å². The van der Waals surface area contributed by atoms with Gasteiger partial charge in [0.25, 0.3) is 0 Å². The van der Waals surface area contributed by atoms with Gasteiger partial charge in [-0.15, -0.1) is 0 Å². The van der Waals surface area contributed by atoms with Crippen LogP contribution in [0.15, 0.2) is 35.5 Å². The van der Waals surface area contributed by atoms with Crippen molar-refractivity contribution in [3.63, 3.8) is 0 Å². The van der Waals surface area contributed by atoms with E-state index < -0.39 is 15.8 Å². The minimum absolute atomic E-state index is 0.0591. The fraction of sp³-hybridized carbons (Fsp3) is 0.385. The molecule has 1 atom stereocenters. The van der Waals surface area contributed by atoms with E-state index in [1.54, 1.807) is 30.3 Å². The van der Waals surface area contributed by atoms with Gasteiger partial charge in [0.05, 0.1) is 11.5 Å². The number of carbonyl (C=O) groups is 1. The van der Waals surface area contributed by atoms with Gasteiger partial charge in [0.15, 0.2) is 15.7 Å². The second-order valence-corrected chi connectivity index (χ2v) is 7.15. The molecule has 1 heterocycles. The summed E-state index contributed by atoms with van der Waals surface area (Å²) in [5, 5.41) is 11.8. The number of amidine groups is 1. The number of sulfone groups is 1. The highest BCUT2D eigenvalue weighted by atomic mass is 32.2. The molecule has 1 aromatic rings. The SMILES string of the molecule is NC(=NO)C(C(=O)N1CCS(=O)(=O)CC1)c1ccccc1. The van der Waals surface area contributed by atoms with E-state index in [1.807, 2.05) is 0 Å². The van der Waals surface area contributed by atoms with Crippen LogP contribution in [0.2, 0.25) is 0 Å². The van der Waals surface area contributed by atoms with Crippen LogP contribution in [0.25, 0.3) is 0 Å². The summed E-state index contributed by atoms with van der Waals surface area (Å²) in [6.07, 6.45) is 0. The Morgan fingerprint density at radius 3 is 2.33 bits per heavy atom. The van der Waals surface area contributed by atoms with Gasteiger partial charge < -0.3 is 15.8 Å². The van der Waals surface area contributed by atoms with E-state index in [4.69, 9.17) is 10.9 Å². The highest BCUT2D eigenvalue weighted by Crippen LogP contribution is 2.20. The zero-order valence-electron chi connectivity index (χ0n) is 11.3. The molecular weight excluding hydrogens is 294 g/mol. The predicted octanol–water partition coefficient (Wildman–Crippen LogP) is -0.226. The maximum atomic E-state index is 12.6. The number of oxime groups is 1. The van der Waals surface area contributed by atoms with Crippen LogP contribution in [0.1, 0.15) is 11.5 Å². The number of nitrogens with zero attached hydrogens (tertiary/aromatic N) is 2. The lowest BCUT2D eigenvalue weighted by molar-refractivity contribution is -0.130. The van der Waals surface area contributed by atoms with Crippen molar-refractivity contribution in [1.82, 2.24) is 4.90 Å². The second kappa shape index (κ2) is 6.13. The third-order valence-corrected chi connectivity index (χ3v) is 5.06. The molecule has 0 spiro atoms. The van der Waals surface area contributed by atoms with E-state index in [0.29, 0.717) is 5.56 Å². The number of amides is 1. The molecule has 0 aromatic heterocycles. The molecule has 1 saturated heterocycles. The molecule has 1 aliphatic heterocycles. The minimum Gasteiger partial charge on any atom is -0.409 e. The summed E-state index contributed by atoms with van der Waals surface area (Å²) in [5.41, 5.74) is 6.25. The second-order valence-electron chi connectivity index (χ2n) is 4.85. The summed E-state index contributed by atoms with van der Waals surface area (Å²) < 4.78 is 22.8. The Kier molecular flexibility index (Phi) is 4.46. The maximum absolute atomic E-state index is 12.6. The first-order chi connectivity index (χ1) is 9.94. The van der Waals surface area contributed by atoms with E-state index in [2.05, 4.69) is 5.16 Å². The zero-order valence-corrected chi connectivity index (χ0v) is 12.2. The molecule has 114 valence electrons. The number of rotatable bonds is 3. The monoisotopic (exact) mass is 311 g/mol. The average Bonchev–Trinajstić information content (AvgIpc) is 2.48. The largest absolute Gasteiger partial charge is 0.409 e. The van der Waals surface area contributed by atoms with Crippen molar-refractivity contribution in [2.24, 2.45) is 10.9 Å². The number of carbonyl (C=O) groups excluding carboxylic acids is 1. The Hall–Kier alpha value is -2.09. The summed E-state index contributed by atoms with van der Waals surface area (Å²) in [4.78, 5) is 14.0. The van der Waals surface area contributed by atoms with Gasteiger partial charge in [-0.3, -0.25) is 4.79 Å². The highest BCUT2D eigenvalue weighted by Gasteiger charge is 2.33. The lowest BCUT2D eigenvalue weighted by atomic mass is 9.96. The lowest BCUT2D eigenvalue weighted by Gasteiger charge is -2.30. The first-order valence-electron chi connectivity index (χ1n) is 6.46. The van der Waals surface area contributed by atoms with Crippen LogP contribution in [0.3, 0.4) is 0 Å². The van der Waals surface area contributed by atoms with Crippen molar-refractivity contribution in [3.8, 4) is 0 Å². The topological polar surface area (TPSA) is 113 Å². The van der Waals surface area contributed by atoms with Crippen molar-refractivity contribution in [3.05, 3.63) is 35.9 Å². The van der Waals surface area contributed by atoms with Crippen LogP contribution in [0.4, 0.5) is 0 Å². The number of hydrogen-bond acceptors (Lipinski definition) is 5. The normalized spacial score (nSPS) is 20.0. The van der Waals surface area contributed by atoms with Crippen molar-refractivity contribution in [1.29, 1.82) is 0 Å². The van der Waals surface area contributed by atoms with Crippen molar-refractivity contribution in [2.75, 3.05) is 24.6 Å². The molecule has 1 aliphatic rings. The molecular formula is C13H17N3O4S. The standard InChI is InChI=1S/C13H17N3O4S/c14-12(15-18)11(10-4-2-1-3-5-10)13(17)16-6-8-21(19,20)9-7-16/h1-5,11,18H,6-9H2,(H2,14,15). The molecule has 1 fully saturated rings. The molecule has 21 heavy (non-hydrogen) atoms. The maximum Gasteiger partial charge on any atom is 0.237 e. The van der Waals surface area contributed by atoms with Crippen LogP contribution in [-0.2, 0) is 14.6 Å². The van der Waals surface area contributed by atoms with Crippen LogP contribution >= 0.6 is 0 Å². The van der Waals surface area contributed by atoms with Crippen LogP contribution in [-0.4, -0.2) is 54.9 Å². The Labute approximate surface area is 123 Å². The van der Waals surface area contributed by atoms with Gasteiger partial charge in [-0.25, -0.2) is 8.42 Å². The first-order valence-corrected chi connectivity index (χ1v) is 8.28. The van der Waals surface area contributed by atoms with Crippen molar-refractivity contribution < 1.29 is 18.4 Å². The lowest BCUT2D eigenvalue weighted by Crippen LogP contribution is -2.47. The van der Waals surface area contributed by atoms with Gasteiger partial charge in [-0.2, -0.15) is 0 Å². The number of hydrogen-bond donors (Lipinski definition) is 2. The first kappa shape index (κ1) is 15.3. The molecule has 1 amide bonds. The summed E-state index contributed by atoms with van der Waals surface area (Å²) in [5.74, 6) is -1.59. The van der Waals surface area contributed by atoms with E-state index in [0.717, 1.165) is 0 Å². The summed E-state index contributed by atoms with van der Waals surface area (Å²) >= 11 is 0. The van der Waals surface area contributed by atoms with Crippen molar-refractivity contribution >= 4 is 21.6 Å². The fourth-order valence-electron chi connectivity index (χ4n) is 2.26. The van der Waals surface area contributed by atoms with Gasteiger partial charge in [0.2, 0.25) is 5.91 Å². The molecule has 1 unspecified atom stereocenters. The Balaban J connectivity index is 2.24. The van der Waals surface area contributed by atoms with Crippen LogP contribution < -0.4 is 5.73 Å². The van der Waals surface area contributed by atoms with E-state index in [1.165, 1.54) is 4.90 Å². The number of nitrogens with two attached hydrogens (primary N) is 1. The zero-order chi connectivity index (χ0) is 15.5. The van der Waals surface area contributed by atoms with Crippen LogP contribution in [0.5, 0.6) is 0 Å². The third-order valence-electron chi connectivity index (χ3n) is 3.45. The van der Waals surface area contributed by atoms with Crippen LogP contribution in [0, 0.1) is 0 Å². The summed E-state index contributed by atoms with van der Waals surface area (Å²) in [6.45, 7) is 0.256. The Morgan fingerprint density at radius 2 is 1.81 bits per heavy atom. The molecule has 8 heteroatoms. The molecule has 0 bridgehead atoms.